The van der Waals surface area contributed by atoms with Gasteiger partial charge in [0.05, 0.1) is 0 Å². The zero-order valence-electron chi connectivity index (χ0n) is 8.15. The fraction of sp³-hybridized carbons (Fsp3) is 0.600. The third-order valence-electron chi connectivity index (χ3n) is 2.67. The molecule has 1 aliphatic rings. The second-order valence-electron chi connectivity index (χ2n) is 3.60. The summed E-state index contributed by atoms with van der Waals surface area (Å²) in [6, 6.07) is 0. The summed E-state index contributed by atoms with van der Waals surface area (Å²) >= 11 is 0. The molecule has 1 heterocycles. The van der Waals surface area contributed by atoms with Gasteiger partial charge in [-0.05, 0) is 30.9 Å². The summed E-state index contributed by atoms with van der Waals surface area (Å²) in [5.41, 5.74) is 6.71. The van der Waals surface area contributed by atoms with Crippen molar-refractivity contribution in [1.82, 2.24) is 9.97 Å². The first-order valence-corrected chi connectivity index (χ1v) is 4.91. The summed E-state index contributed by atoms with van der Waals surface area (Å²) in [5.74, 6) is 1.59. The highest BCUT2D eigenvalue weighted by Gasteiger charge is 2.19. The second kappa shape index (κ2) is 5.27. The molecule has 0 spiro atoms. The van der Waals surface area contributed by atoms with Crippen LogP contribution in [0.25, 0.3) is 0 Å². The Bertz CT molecular complexity index is 269. The van der Waals surface area contributed by atoms with Crippen LogP contribution in [0.2, 0.25) is 0 Å². The van der Waals surface area contributed by atoms with E-state index < -0.39 is 0 Å². The minimum atomic E-state index is 0. The van der Waals surface area contributed by atoms with Gasteiger partial charge < -0.3 is 5.73 Å². The lowest BCUT2D eigenvalue weighted by atomic mass is 9.81. The van der Waals surface area contributed by atoms with Crippen LogP contribution in [-0.2, 0) is 6.42 Å². The highest BCUT2D eigenvalue weighted by atomic mass is 35.5. The lowest BCUT2D eigenvalue weighted by molar-refractivity contribution is 0.417. The van der Waals surface area contributed by atoms with Crippen molar-refractivity contribution in [1.29, 1.82) is 0 Å². The maximum absolute atomic E-state index is 5.42. The molecule has 0 radical (unpaired) electrons. The average Bonchev–Trinajstić information content (AvgIpc) is 2.06. The average molecular weight is 214 g/mol. The lowest BCUT2D eigenvalue weighted by Crippen LogP contribution is -2.11. The van der Waals surface area contributed by atoms with E-state index in [4.69, 9.17) is 5.73 Å². The van der Waals surface area contributed by atoms with Crippen molar-refractivity contribution in [2.75, 3.05) is 6.54 Å². The summed E-state index contributed by atoms with van der Waals surface area (Å²) in [7, 11) is 0. The molecular formula is C10H16ClN3. The van der Waals surface area contributed by atoms with Crippen molar-refractivity contribution < 1.29 is 0 Å². The van der Waals surface area contributed by atoms with E-state index in [0.717, 1.165) is 18.2 Å². The fourth-order valence-electron chi connectivity index (χ4n) is 1.58. The van der Waals surface area contributed by atoms with Crippen molar-refractivity contribution in [3.63, 3.8) is 0 Å². The van der Waals surface area contributed by atoms with Crippen molar-refractivity contribution in [3.8, 4) is 0 Å². The molecule has 78 valence electrons. The van der Waals surface area contributed by atoms with Crippen LogP contribution >= 0.6 is 12.4 Å². The molecule has 1 aliphatic carbocycles. The van der Waals surface area contributed by atoms with Gasteiger partial charge in [0.2, 0.25) is 0 Å². The Morgan fingerprint density at radius 2 is 1.93 bits per heavy atom. The number of aromatic nitrogens is 2. The van der Waals surface area contributed by atoms with Gasteiger partial charge >= 0.3 is 0 Å². The molecule has 3 nitrogen and oxygen atoms in total. The molecule has 1 saturated carbocycles. The summed E-state index contributed by atoms with van der Waals surface area (Å²) in [6.07, 6.45) is 8.67. The first-order chi connectivity index (χ1) is 6.40. The van der Waals surface area contributed by atoms with Crippen LogP contribution in [0, 0.1) is 0 Å². The zero-order valence-corrected chi connectivity index (χ0v) is 8.96. The van der Waals surface area contributed by atoms with E-state index >= 15 is 0 Å². The maximum atomic E-state index is 5.42. The normalized spacial score (nSPS) is 15.8. The van der Waals surface area contributed by atoms with E-state index in [-0.39, 0.29) is 12.4 Å². The van der Waals surface area contributed by atoms with Gasteiger partial charge in [-0.2, -0.15) is 0 Å². The van der Waals surface area contributed by atoms with Crippen LogP contribution in [0.4, 0.5) is 0 Å². The smallest absolute Gasteiger partial charge is 0.129 e. The predicted octanol–water partition coefficient (Wildman–Crippen LogP) is 1.67. The van der Waals surface area contributed by atoms with Crippen molar-refractivity contribution in [2.45, 2.75) is 31.6 Å². The number of hydrogen-bond donors (Lipinski definition) is 1. The molecule has 0 unspecified atom stereocenters. The first-order valence-electron chi connectivity index (χ1n) is 4.91. The summed E-state index contributed by atoms with van der Waals surface area (Å²) in [5, 5.41) is 0. The third kappa shape index (κ3) is 2.42. The van der Waals surface area contributed by atoms with Gasteiger partial charge in [0.1, 0.15) is 5.82 Å². The van der Waals surface area contributed by atoms with Crippen LogP contribution < -0.4 is 5.73 Å². The number of rotatable bonds is 3. The summed E-state index contributed by atoms with van der Waals surface area (Å²) < 4.78 is 0. The van der Waals surface area contributed by atoms with Crippen molar-refractivity contribution >= 4 is 12.4 Å². The largest absolute Gasteiger partial charge is 0.330 e. The van der Waals surface area contributed by atoms with Crippen molar-refractivity contribution in [2.24, 2.45) is 5.73 Å². The van der Waals surface area contributed by atoms with Gasteiger partial charge in [-0.1, -0.05) is 6.42 Å². The molecule has 1 fully saturated rings. The van der Waals surface area contributed by atoms with Gasteiger partial charge in [0, 0.05) is 18.8 Å². The monoisotopic (exact) mass is 213 g/mol. The van der Waals surface area contributed by atoms with Crippen LogP contribution in [0.15, 0.2) is 12.4 Å². The second-order valence-corrected chi connectivity index (χ2v) is 3.60. The van der Waals surface area contributed by atoms with Gasteiger partial charge in [-0.3, -0.25) is 0 Å². The fourth-order valence-corrected chi connectivity index (χ4v) is 1.58. The Balaban J connectivity index is 0.000000980. The highest BCUT2D eigenvalue weighted by Crippen LogP contribution is 2.35. The van der Waals surface area contributed by atoms with Gasteiger partial charge in [0.15, 0.2) is 0 Å². The lowest BCUT2D eigenvalue weighted by Gasteiger charge is -2.24. The van der Waals surface area contributed by atoms with E-state index in [1.54, 1.807) is 0 Å². The molecule has 0 amide bonds. The zero-order chi connectivity index (χ0) is 9.10. The standard InChI is InChI=1S/C10H15N3.ClH/c11-5-4-10-12-6-9(7-13-10)8-2-1-3-8;/h6-8H,1-5,11H2;1H. The molecule has 0 aliphatic heterocycles. The molecule has 0 bridgehead atoms. The molecule has 4 heteroatoms. The van der Waals surface area contributed by atoms with E-state index in [2.05, 4.69) is 9.97 Å². The van der Waals surface area contributed by atoms with Gasteiger partial charge in [-0.25, -0.2) is 9.97 Å². The Hall–Kier alpha value is -0.670. The molecule has 2 N–H and O–H groups in total. The maximum Gasteiger partial charge on any atom is 0.129 e. The molecule has 0 saturated heterocycles. The Kier molecular flexibility index (Phi) is 4.29. The summed E-state index contributed by atoms with van der Waals surface area (Å²) in [6.45, 7) is 0.628. The predicted molar refractivity (Wildman–Crippen MR) is 58.6 cm³/mol. The van der Waals surface area contributed by atoms with Crippen LogP contribution in [0.1, 0.15) is 36.6 Å². The van der Waals surface area contributed by atoms with E-state index in [9.17, 15) is 0 Å². The van der Waals surface area contributed by atoms with E-state index in [1.807, 2.05) is 12.4 Å². The SMILES string of the molecule is Cl.NCCc1ncc(C2CCC2)cn1. The van der Waals surface area contributed by atoms with Crippen molar-refractivity contribution in [3.05, 3.63) is 23.8 Å². The molecule has 2 rings (SSSR count). The molecule has 0 atom stereocenters. The summed E-state index contributed by atoms with van der Waals surface area (Å²) in [4.78, 5) is 8.56. The van der Waals surface area contributed by atoms with E-state index in [0.29, 0.717) is 6.54 Å². The third-order valence-corrected chi connectivity index (χ3v) is 2.67. The van der Waals surface area contributed by atoms with E-state index in [1.165, 1.54) is 24.8 Å². The van der Waals surface area contributed by atoms with Crippen LogP contribution in [0.5, 0.6) is 0 Å². The molecule has 0 aromatic carbocycles. The molecule has 1 aromatic heterocycles. The Labute approximate surface area is 90.5 Å². The van der Waals surface area contributed by atoms with Gasteiger partial charge in [0.25, 0.3) is 0 Å². The Morgan fingerprint density at radius 3 is 2.36 bits per heavy atom. The molecular weight excluding hydrogens is 198 g/mol. The highest BCUT2D eigenvalue weighted by molar-refractivity contribution is 5.85. The first kappa shape index (κ1) is 11.4. The molecule has 1 aromatic rings. The molecule has 14 heavy (non-hydrogen) atoms. The van der Waals surface area contributed by atoms with Crippen LogP contribution in [-0.4, -0.2) is 16.5 Å². The topological polar surface area (TPSA) is 51.8 Å². The minimum absolute atomic E-state index is 0. The number of nitrogens with two attached hydrogens (primary N) is 1. The number of nitrogens with zero attached hydrogens (tertiary/aromatic N) is 2. The number of hydrogen-bond acceptors (Lipinski definition) is 3. The number of halogens is 1. The quantitative estimate of drug-likeness (QED) is 0.831. The minimum Gasteiger partial charge on any atom is -0.330 e. The Morgan fingerprint density at radius 1 is 1.29 bits per heavy atom. The van der Waals surface area contributed by atoms with Crippen LogP contribution in [0.3, 0.4) is 0 Å². The van der Waals surface area contributed by atoms with Gasteiger partial charge in [-0.15, -0.1) is 12.4 Å².